The predicted octanol–water partition coefficient (Wildman–Crippen LogP) is 3.66. The van der Waals surface area contributed by atoms with E-state index in [4.69, 9.17) is 0 Å². The van der Waals surface area contributed by atoms with E-state index in [1.165, 1.54) is 4.90 Å². The molecule has 0 aromatic heterocycles. The van der Waals surface area contributed by atoms with Crippen LogP contribution in [0.1, 0.15) is 28.7 Å². The third-order valence-corrected chi connectivity index (χ3v) is 4.53. The fourth-order valence-corrected chi connectivity index (χ4v) is 3.22. The Morgan fingerprint density at radius 2 is 1.62 bits per heavy atom. The van der Waals surface area contributed by atoms with Gasteiger partial charge in [0.2, 0.25) is 5.91 Å². The molecule has 2 aromatic carbocycles. The standard InChI is InChI=1S/C20H22N2O2/c1-12-8-9-13(2)16(10-12)21-17-11-18(23)22(20(17)24)19-14(3)6-5-7-15(19)4/h5-10,17,21H,11H2,1-4H3/t17-/m1/s1. The van der Waals surface area contributed by atoms with Crippen molar-refractivity contribution >= 4 is 23.2 Å². The molecule has 24 heavy (non-hydrogen) atoms. The van der Waals surface area contributed by atoms with Gasteiger partial charge in [0.05, 0.1) is 12.1 Å². The number of rotatable bonds is 3. The zero-order chi connectivity index (χ0) is 17.4. The van der Waals surface area contributed by atoms with E-state index in [0.29, 0.717) is 0 Å². The van der Waals surface area contributed by atoms with Gasteiger partial charge in [-0.15, -0.1) is 0 Å². The number of imide groups is 1. The molecule has 1 aliphatic rings. The van der Waals surface area contributed by atoms with Crippen molar-refractivity contribution < 1.29 is 9.59 Å². The van der Waals surface area contributed by atoms with Crippen LogP contribution in [0, 0.1) is 27.7 Å². The first-order chi connectivity index (χ1) is 11.4. The lowest BCUT2D eigenvalue weighted by Crippen LogP contribution is -2.35. The van der Waals surface area contributed by atoms with E-state index in [-0.39, 0.29) is 18.2 Å². The maximum Gasteiger partial charge on any atom is 0.256 e. The van der Waals surface area contributed by atoms with Gasteiger partial charge in [0.1, 0.15) is 6.04 Å². The van der Waals surface area contributed by atoms with Crippen LogP contribution >= 0.6 is 0 Å². The Labute approximate surface area is 142 Å². The number of amides is 2. The van der Waals surface area contributed by atoms with Crippen molar-refractivity contribution in [3.8, 4) is 0 Å². The van der Waals surface area contributed by atoms with E-state index in [2.05, 4.69) is 5.32 Å². The van der Waals surface area contributed by atoms with E-state index < -0.39 is 6.04 Å². The zero-order valence-electron chi connectivity index (χ0n) is 14.5. The molecule has 4 heteroatoms. The number of hydrogen-bond acceptors (Lipinski definition) is 3. The van der Waals surface area contributed by atoms with Gasteiger partial charge in [0.25, 0.3) is 5.91 Å². The average Bonchev–Trinajstić information content (AvgIpc) is 2.78. The summed E-state index contributed by atoms with van der Waals surface area (Å²) in [7, 11) is 0. The Hall–Kier alpha value is -2.62. The minimum absolute atomic E-state index is 0.153. The van der Waals surface area contributed by atoms with Crippen molar-refractivity contribution in [3.63, 3.8) is 0 Å². The van der Waals surface area contributed by atoms with Gasteiger partial charge in [-0.3, -0.25) is 9.59 Å². The minimum atomic E-state index is -0.517. The number of hydrogen-bond donors (Lipinski definition) is 1. The maximum atomic E-state index is 12.9. The summed E-state index contributed by atoms with van der Waals surface area (Å²) in [6.07, 6.45) is 0.181. The molecule has 0 saturated carbocycles. The first kappa shape index (κ1) is 16.2. The Morgan fingerprint density at radius 3 is 2.29 bits per heavy atom. The molecule has 1 heterocycles. The van der Waals surface area contributed by atoms with Crippen LogP contribution in [0.2, 0.25) is 0 Å². The molecule has 124 valence electrons. The molecule has 1 atom stereocenters. The number of anilines is 2. The zero-order valence-corrected chi connectivity index (χ0v) is 14.5. The van der Waals surface area contributed by atoms with E-state index in [1.54, 1.807) is 0 Å². The van der Waals surface area contributed by atoms with Crippen LogP contribution in [0.15, 0.2) is 36.4 Å². The first-order valence-corrected chi connectivity index (χ1v) is 8.15. The predicted molar refractivity (Wildman–Crippen MR) is 96.4 cm³/mol. The SMILES string of the molecule is Cc1ccc(C)c(N[C@@H]2CC(=O)N(c3c(C)cccc3C)C2=O)c1. The van der Waals surface area contributed by atoms with Gasteiger partial charge in [-0.05, 0) is 56.0 Å². The molecule has 3 rings (SSSR count). The topological polar surface area (TPSA) is 49.4 Å². The maximum absolute atomic E-state index is 12.9. The molecular weight excluding hydrogens is 300 g/mol. The largest absolute Gasteiger partial charge is 0.373 e. The van der Waals surface area contributed by atoms with Crippen molar-refractivity contribution in [2.45, 2.75) is 40.2 Å². The van der Waals surface area contributed by atoms with Crippen LogP contribution in [-0.2, 0) is 9.59 Å². The second-order valence-electron chi connectivity index (χ2n) is 6.53. The van der Waals surface area contributed by atoms with Gasteiger partial charge >= 0.3 is 0 Å². The summed E-state index contributed by atoms with van der Waals surface area (Å²) in [5.74, 6) is -0.335. The van der Waals surface area contributed by atoms with E-state index >= 15 is 0 Å². The summed E-state index contributed by atoms with van der Waals surface area (Å²) >= 11 is 0. The van der Waals surface area contributed by atoms with Crippen molar-refractivity contribution in [1.82, 2.24) is 0 Å². The summed E-state index contributed by atoms with van der Waals surface area (Å²) in [4.78, 5) is 26.7. The smallest absolute Gasteiger partial charge is 0.256 e. The Kier molecular flexibility index (Phi) is 4.14. The van der Waals surface area contributed by atoms with Gasteiger partial charge in [-0.25, -0.2) is 4.90 Å². The summed E-state index contributed by atoms with van der Waals surface area (Å²) in [6, 6.07) is 11.3. The first-order valence-electron chi connectivity index (χ1n) is 8.15. The van der Waals surface area contributed by atoms with Crippen LogP contribution < -0.4 is 10.2 Å². The quantitative estimate of drug-likeness (QED) is 0.877. The number of nitrogens with one attached hydrogen (secondary N) is 1. The molecule has 1 saturated heterocycles. The van der Waals surface area contributed by atoms with E-state index in [1.807, 2.05) is 64.1 Å². The second-order valence-corrected chi connectivity index (χ2v) is 6.53. The molecule has 0 radical (unpaired) electrons. The van der Waals surface area contributed by atoms with E-state index in [9.17, 15) is 9.59 Å². The van der Waals surface area contributed by atoms with Crippen LogP contribution in [0.25, 0.3) is 0 Å². The molecule has 0 spiro atoms. The fourth-order valence-electron chi connectivity index (χ4n) is 3.22. The molecule has 2 aromatic rings. The second kappa shape index (κ2) is 6.11. The summed E-state index contributed by atoms with van der Waals surface area (Å²) in [6.45, 7) is 7.85. The highest BCUT2D eigenvalue weighted by molar-refractivity contribution is 6.23. The molecule has 1 aliphatic heterocycles. The number of nitrogens with zero attached hydrogens (tertiary/aromatic N) is 1. The Morgan fingerprint density at radius 1 is 0.958 bits per heavy atom. The highest BCUT2D eigenvalue weighted by Crippen LogP contribution is 2.31. The van der Waals surface area contributed by atoms with Crippen LogP contribution in [-0.4, -0.2) is 17.9 Å². The molecule has 2 amide bonds. The average molecular weight is 322 g/mol. The van der Waals surface area contributed by atoms with Crippen molar-refractivity contribution in [2.24, 2.45) is 0 Å². The van der Waals surface area contributed by atoms with Crippen LogP contribution in [0.4, 0.5) is 11.4 Å². The number of para-hydroxylation sites is 1. The lowest BCUT2D eigenvalue weighted by atomic mass is 10.1. The van der Waals surface area contributed by atoms with Crippen LogP contribution in [0.5, 0.6) is 0 Å². The fraction of sp³-hybridized carbons (Fsp3) is 0.300. The third kappa shape index (κ3) is 2.80. The lowest BCUT2D eigenvalue weighted by Gasteiger charge is -2.20. The molecule has 1 N–H and O–H groups in total. The molecule has 0 bridgehead atoms. The number of carbonyl (C=O) groups is 2. The van der Waals surface area contributed by atoms with Gasteiger partial charge in [-0.1, -0.05) is 30.3 Å². The van der Waals surface area contributed by atoms with Gasteiger partial charge < -0.3 is 5.32 Å². The summed E-state index contributed by atoms with van der Waals surface area (Å²) in [5, 5.41) is 3.26. The Balaban J connectivity index is 1.91. The van der Waals surface area contributed by atoms with Crippen molar-refractivity contribution in [2.75, 3.05) is 10.2 Å². The Bertz CT molecular complexity index is 806. The normalized spacial score (nSPS) is 17.5. The monoisotopic (exact) mass is 322 g/mol. The molecule has 0 aliphatic carbocycles. The number of carbonyl (C=O) groups excluding carboxylic acids is 2. The van der Waals surface area contributed by atoms with Gasteiger partial charge in [-0.2, -0.15) is 0 Å². The summed E-state index contributed by atoms with van der Waals surface area (Å²) in [5.41, 5.74) is 5.67. The number of benzene rings is 2. The van der Waals surface area contributed by atoms with Gasteiger partial charge in [0.15, 0.2) is 0 Å². The van der Waals surface area contributed by atoms with Crippen LogP contribution in [0.3, 0.4) is 0 Å². The minimum Gasteiger partial charge on any atom is -0.373 e. The molecular formula is C20H22N2O2. The summed E-state index contributed by atoms with van der Waals surface area (Å²) < 4.78 is 0. The molecule has 1 fully saturated rings. The number of aryl methyl sites for hydroxylation is 4. The van der Waals surface area contributed by atoms with Crippen molar-refractivity contribution in [3.05, 3.63) is 58.7 Å². The molecule has 4 nitrogen and oxygen atoms in total. The van der Waals surface area contributed by atoms with E-state index in [0.717, 1.165) is 33.6 Å². The highest BCUT2D eigenvalue weighted by Gasteiger charge is 2.40. The van der Waals surface area contributed by atoms with Gasteiger partial charge in [0, 0.05) is 5.69 Å². The lowest BCUT2D eigenvalue weighted by molar-refractivity contribution is -0.121. The highest BCUT2D eigenvalue weighted by atomic mass is 16.2. The molecule has 0 unspecified atom stereocenters. The third-order valence-electron chi connectivity index (χ3n) is 4.53. The van der Waals surface area contributed by atoms with Crippen molar-refractivity contribution in [1.29, 1.82) is 0 Å².